The van der Waals surface area contributed by atoms with Gasteiger partial charge in [0.1, 0.15) is 0 Å². The maximum absolute atomic E-state index is 5.13. The van der Waals surface area contributed by atoms with Crippen LogP contribution in [0.4, 0.5) is 0 Å². The Morgan fingerprint density at radius 1 is 2.00 bits per heavy atom. The molecule has 0 heterocycles. The molecule has 0 fully saturated rings. The Morgan fingerprint density at radius 3 is 2.71 bits per heavy atom. The van der Waals surface area contributed by atoms with Crippen molar-refractivity contribution in [1.29, 1.82) is 0 Å². The second-order valence-corrected chi connectivity index (χ2v) is 7.92. The topological polar surface area (TPSA) is 9.23 Å². The van der Waals surface area contributed by atoms with Crippen molar-refractivity contribution in [2.24, 2.45) is 0 Å². The Morgan fingerprint density at radius 2 is 2.57 bits per heavy atom. The molecule has 1 nitrogen and oxygen atoms in total. The fourth-order valence-corrected chi connectivity index (χ4v) is 1.87. The zero-order valence-electron chi connectivity index (χ0n) is 4.43. The first kappa shape index (κ1) is 9.35. The first-order valence-corrected chi connectivity index (χ1v) is 12.1. The zero-order chi connectivity index (χ0) is 5.70. The second-order valence-electron chi connectivity index (χ2n) is 0.887. The molecule has 0 radical (unpaired) electrons. The molecule has 0 aromatic carbocycles. The van der Waals surface area contributed by atoms with E-state index in [2.05, 4.69) is 15.6 Å². The van der Waals surface area contributed by atoms with E-state index in [1.165, 1.54) is 0 Å². The van der Waals surface area contributed by atoms with Crippen molar-refractivity contribution in [2.45, 2.75) is 6.92 Å². The van der Waals surface area contributed by atoms with Gasteiger partial charge in [-0.3, -0.25) is 0 Å². The first-order valence-electron chi connectivity index (χ1n) is 2.02. The molecule has 0 aliphatic heterocycles. The summed E-state index contributed by atoms with van der Waals surface area (Å²) >= 11 is 3.85. The third kappa shape index (κ3) is 6.23. The fourth-order valence-electron chi connectivity index (χ4n) is 0.177. The molecule has 0 N–H and O–H groups in total. The van der Waals surface area contributed by atoms with E-state index in [0.29, 0.717) is 5.60 Å². The molecule has 0 unspecified atom stereocenters. The average Bonchev–Trinajstić information content (AvgIpc) is 1.68. The van der Waals surface area contributed by atoms with Crippen LogP contribution in [0.2, 0.25) is 0 Å². The predicted molar refractivity (Wildman–Crippen MR) is 33.9 cm³/mol. The number of ether oxygens (including phenoxy) is 1. The van der Waals surface area contributed by atoms with E-state index in [-0.39, 0.29) is 0 Å². The van der Waals surface area contributed by atoms with Gasteiger partial charge in [-0.15, -0.1) is 0 Å². The minimum atomic E-state index is 0.711. The van der Waals surface area contributed by atoms with Crippen molar-refractivity contribution in [3.63, 3.8) is 0 Å². The molecule has 0 aromatic rings. The van der Waals surface area contributed by atoms with Crippen molar-refractivity contribution in [1.82, 2.24) is 0 Å². The summed E-state index contributed by atoms with van der Waals surface area (Å²) in [6.45, 7) is 2.83. The van der Waals surface area contributed by atoms with Gasteiger partial charge in [0.05, 0.1) is 0 Å². The summed E-state index contributed by atoms with van der Waals surface area (Å²) in [4.78, 5) is 0. The van der Waals surface area contributed by atoms with Crippen LogP contribution >= 0.6 is 0 Å². The van der Waals surface area contributed by atoms with E-state index in [0.717, 1.165) is 55.5 Å². The van der Waals surface area contributed by atoms with E-state index < -0.39 is 0 Å². The summed E-state index contributed by atoms with van der Waals surface area (Å²) in [5.41, 5.74) is 0.711. The van der Waals surface area contributed by atoms with E-state index in [1.807, 2.05) is 6.92 Å². The molecule has 0 aliphatic rings. The molecule has 0 aliphatic carbocycles. The molecule has 0 bridgehead atoms. The van der Waals surface area contributed by atoms with Crippen LogP contribution in [0, 0.1) is 0 Å². The third-order valence-corrected chi connectivity index (χ3v) is 11.8. The Balaban J connectivity index is 3.00. The van der Waals surface area contributed by atoms with Crippen molar-refractivity contribution in [2.75, 3.05) is 6.61 Å². The van der Waals surface area contributed by atoms with E-state index in [9.17, 15) is 0 Å². The van der Waals surface area contributed by atoms with E-state index in [4.69, 9.17) is 4.74 Å². The zero-order valence-corrected chi connectivity index (χ0v) is 11.0. The van der Waals surface area contributed by atoms with Crippen molar-refractivity contribution in [3.05, 3.63) is 0 Å². The second kappa shape index (κ2) is 6.47. The van der Waals surface area contributed by atoms with Gasteiger partial charge in [0.2, 0.25) is 0 Å². The van der Waals surface area contributed by atoms with Gasteiger partial charge in [0.15, 0.2) is 0 Å². The standard InChI is InChI=1S/C3H6OSe2.K/c1-2-4-3(5)6;/h2H2,1H3,(H,5,6);/q;+1/p-1. The number of hydrogen-bond donors (Lipinski definition) is 0. The average molecular weight is 254 g/mol. The van der Waals surface area contributed by atoms with Crippen molar-refractivity contribution >= 4 is 70.1 Å². The SMILES string of the molecule is CCOC(=[Se])[Se][K]. The number of hydrogen-bond acceptors (Lipinski definition) is 1. The fraction of sp³-hybridized carbons (Fsp3) is 0.667. The van der Waals surface area contributed by atoms with Crippen LogP contribution in [-0.4, -0.2) is 76.7 Å². The Bertz CT molecular complexity index is 66.0. The summed E-state index contributed by atoms with van der Waals surface area (Å²) in [6.07, 6.45) is 0. The Kier molecular flexibility index (Phi) is 8.63. The van der Waals surface area contributed by atoms with Crippen LogP contribution in [-0.2, 0) is 4.74 Å². The molecule has 7 heavy (non-hydrogen) atoms. The molecule has 0 atom stereocenters. The summed E-state index contributed by atoms with van der Waals surface area (Å²) in [6, 6.07) is 0. The molecule has 4 heteroatoms. The minimum absolute atomic E-state index is 0.711. The van der Waals surface area contributed by atoms with Gasteiger partial charge in [-0.05, 0) is 0 Å². The van der Waals surface area contributed by atoms with Gasteiger partial charge in [-0.2, -0.15) is 0 Å². The molecule has 0 saturated heterocycles. The summed E-state index contributed by atoms with van der Waals surface area (Å²) in [5.74, 6) is 0. The van der Waals surface area contributed by atoms with Crippen LogP contribution in [0.15, 0.2) is 0 Å². The van der Waals surface area contributed by atoms with Gasteiger partial charge in [0.25, 0.3) is 0 Å². The van der Waals surface area contributed by atoms with Crippen LogP contribution in [0.3, 0.4) is 0 Å². The molecule has 0 amide bonds. The molecular weight excluding hydrogens is 249 g/mol. The molecule has 36 valence electrons. The van der Waals surface area contributed by atoms with Gasteiger partial charge in [0, 0.05) is 0 Å². The maximum atomic E-state index is 5.13. The summed E-state index contributed by atoms with van der Waals surface area (Å²) in [5, 5.41) is 0. The van der Waals surface area contributed by atoms with Crippen molar-refractivity contribution < 1.29 is 4.74 Å². The van der Waals surface area contributed by atoms with Crippen LogP contribution in [0.5, 0.6) is 0 Å². The summed E-state index contributed by atoms with van der Waals surface area (Å²) in [7, 11) is 0. The Hall–Kier alpha value is 2.35. The number of rotatable bonds is 3. The van der Waals surface area contributed by atoms with Crippen LogP contribution in [0.1, 0.15) is 6.92 Å². The van der Waals surface area contributed by atoms with E-state index in [1.54, 1.807) is 0 Å². The van der Waals surface area contributed by atoms with Gasteiger partial charge in [-0.1, -0.05) is 0 Å². The van der Waals surface area contributed by atoms with Gasteiger partial charge >= 0.3 is 88.3 Å². The first-order chi connectivity index (χ1) is 3.31. The molecule has 0 aromatic heterocycles. The Labute approximate surface area is 86.1 Å². The normalized spacial score (nSPS) is 8.43. The van der Waals surface area contributed by atoms with Gasteiger partial charge in [-0.25, -0.2) is 0 Å². The van der Waals surface area contributed by atoms with E-state index >= 15 is 0 Å². The van der Waals surface area contributed by atoms with Crippen molar-refractivity contribution in [3.8, 4) is 0 Å². The third-order valence-electron chi connectivity index (χ3n) is 0.429. The van der Waals surface area contributed by atoms with Crippen LogP contribution < -0.4 is 0 Å². The quantitative estimate of drug-likeness (QED) is 0.591. The van der Waals surface area contributed by atoms with Gasteiger partial charge < -0.3 is 0 Å². The monoisotopic (exact) mass is 256 g/mol. The molecule has 0 saturated carbocycles. The molecular formula is C3H5KOSe2. The summed E-state index contributed by atoms with van der Waals surface area (Å²) < 4.78 is 6.27. The molecule has 0 spiro atoms. The molecule has 0 rings (SSSR count). The predicted octanol–water partition coefficient (Wildman–Crippen LogP) is -0.933. The van der Waals surface area contributed by atoms with Crippen LogP contribution in [0.25, 0.3) is 0 Å².